The van der Waals surface area contributed by atoms with Gasteiger partial charge in [-0.2, -0.15) is 0 Å². The van der Waals surface area contributed by atoms with Gasteiger partial charge in [-0.05, 0) is 76.6 Å². The molecule has 2 saturated heterocycles. The summed E-state index contributed by atoms with van der Waals surface area (Å²) in [5, 5.41) is 16.7. The first-order valence-electron chi connectivity index (χ1n) is 27.0. The fraction of sp³-hybridized carbons (Fsp3) is 0.589. The van der Waals surface area contributed by atoms with Crippen LogP contribution in [-0.4, -0.2) is 213 Å². The molecule has 5 aliphatic rings. The molecule has 0 aromatic heterocycles. The molecule has 2 fully saturated rings. The minimum atomic E-state index is -1.91. The van der Waals surface area contributed by atoms with Crippen LogP contribution in [0.3, 0.4) is 0 Å². The van der Waals surface area contributed by atoms with Crippen LogP contribution in [0.25, 0.3) is 0 Å². The van der Waals surface area contributed by atoms with Crippen LogP contribution in [0.15, 0.2) is 60.2 Å². The van der Waals surface area contributed by atoms with Crippen LogP contribution in [0.2, 0.25) is 5.02 Å². The molecule has 24 nitrogen and oxygen atoms in total. The number of fused-ring (bicyclic) bond motifs is 5. The Morgan fingerprint density at radius 2 is 1.72 bits per heavy atom. The molecule has 4 heterocycles. The number of likely N-dealkylation sites (N-methyl/N-ethyl adjacent to an activating group) is 4. The number of nitrogens with zero attached hydrogens (tertiary/aromatic N) is 5. The molecule has 3 unspecified atom stereocenters. The van der Waals surface area contributed by atoms with Gasteiger partial charge in [0.05, 0.1) is 25.0 Å². The number of rotatable bonds is 18. The number of anilines is 1. The SMILES string of the molecule is COc1cc2cc(c1Cl)N(C)C(=O)[C@H](OC(=O)[C@H](C)N(C)C(=O)CCSC(=O)N(C)CCN(C)C(=O)OC1/C=C/CC(OCC(=O)NCCN3C(=O)C=CC3=O)CCC1)[C@]1(C)OC1[C@H](C)[C@@H]1C[C@@](O)(NC(=O)O1)[C@H](OC)/C=C/C=C(\C)C2. The van der Waals surface area contributed by atoms with Gasteiger partial charge < -0.3 is 63.2 Å². The monoisotopic (exact) mass is 1190 g/mol. The summed E-state index contributed by atoms with van der Waals surface area (Å²) < 4.78 is 40.8. The van der Waals surface area contributed by atoms with Gasteiger partial charge in [0.1, 0.15) is 47.3 Å². The number of hydrogen-bond donors (Lipinski definition) is 3. The number of ether oxygens (including phenoxy) is 7. The maximum absolute atomic E-state index is 14.9. The van der Waals surface area contributed by atoms with Gasteiger partial charge in [0, 0.05) is 98.1 Å². The minimum Gasteiger partial charge on any atom is -0.495 e. The zero-order valence-electron chi connectivity index (χ0n) is 48.0. The number of allylic oxidation sites excluding steroid dienone is 3. The average Bonchev–Trinajstić information content (AvgIpc) is 4.07. The molecule has 3 N–H and O–H groups in total. The molecule has 4 aliphatic heterocycles. The number of nitrogens with one attached hydrogen (secondary N) is 2. The number of aliphatic hydroxyl groups is 1. The number of carbonyl (C=O) groups excluding carboxylic acids is 9. The Morgan fingerprint density at radius 1 is 1.01 bits per heavy atom. The number of benzene rings is 1. The molecule has 0 radical (unpaired) electrons. The molecule has 0 saturated carbocycles. The number of esters is 1. The van der Waals surface area contributed by atoms with Gasteiger partial charge in [-0.1, -0.05) is 60.2 Å². The van der Waals surface area contributed by atoms with Crippen LogP contribution in [0.5, 0.6) is 5.75 Å². The lowest BCUT2D eigenvalue weighted by molar-refractivity contribution is -0.165. The highest BCUT2D eigenvalue weighted by atomic mass is 35.5. The van der Waals surface area contributed by atoms with Crippen LogP contribution < -0.4 is 20.3 Å². The third-order valence-corrected chi connectivity index (χ3v) is 16.5. The van der Waals surface area contributed by atoms with Crippen molar-refractivity contribution in [3.63, 3.8) is 0 Å². The summed E-state index contributed by atoms with van der Waals surface area (Å²) >= 11 is 7.74. The van der Waals surface area contributed by atoms with E-state index in [0.717, 1.165) is 32.7 Å². The topological polar surface area (TPSA) is 282 Å². The minimum absolute atomic E-state index is 0.0518. The lowest BCUT2D eigenvalue weighted by atomic mass is 9.84. The van der Waals surface area contributed by atoms with Gasteiger partial charge in [-0.25, -0.2) is 14.4 Å². The third-order valence-electron chi connectivity index (χ3n) is 15.2. The van der Waals surface area contributed by atoms with E-state index >= 15 is 0 Å². The van der Waals surface area contributed by atoms with Gasteiger partial charge in [-0.3, -0.25) is 39.0 Å². The van der Waals surface area contributed by atoms with E-state index in [9.17, 15) is 48.3 Å². The highest BCUT2D eigenvalue weighted by molar-refractivity contribution is 8.13. The Balaban J connectivity index is 0.995. The smallest absolute Gasteiger partial charge is 0.410 e. The highest BCUT2D eigenvalue weighted by Gasteiger charge is 2.66. The van der Waals surface area contributed by atoms with Crippen LogP contribution in [-0.2, 0) is 63.6 Å². The van der Waals surface area contributed by atoms with E-state index in [-0.39, 0.29) is 85.1 Å². The van der Waals surface area contributed by atoms with Crippen LogP contribution in [0.1, 0.15) is 71.8 Å². The standard InChI is InChI=1S/C56H76ClN7O17S/c1-33-14-11-19-42(76-10)56(74)31-41(79-52(71)59-56)34(2)48-55(4,81-48)49(50(69)63(8)39-29-36(28-33)30-40(75-9)47(39)57)80-51(70)35(3)62(7)44(66)22-27-82-54(73)61(6)26-25-60(5)53(72)78-38-17-12-15-37(16-13-18-38)77-32-43(65)58-23-24-64-45(67)20-21-46(64)68/h11-12,14,17,19-21,29-30,34-35,37-38,41-42,48-49,74H,13,15-16,18,22-28,31-32H2,1-10H3,(H,58,65)(H,59,71)/b17-12+,19-11+,33-14+/t34-,35+,37?,38?,41+,42-,48?,49+,55-,56+/m1/s1. The number of epoxide rings is 1. The first-order valence-corrected chi connectivity index (χ1v) is 28.4. The van der Waals surface area contributed by atoms with Crippen molar-refractivity contribution >= 4 is 82.0 Å². The van der Waals surface area contributed by atoms with Crippen molar-refractivity contribution in [2.75, 3.05) is 85.8 Å². The van der Waals surface area contributed by atoms with E-state index in [1.807, 2.05) is 19.1 Å². The zero-order valence-corrected chi connectivity index (χ0v) is 49.6. The molecule has 0 spiro atoms. The molecule has 1 aliphatic carbocycles. The van der Waals surface area contributed by atoms with Gasteiger partial charge in [-0.15, -0.1) is 0 Å². The second-order valence-corrected chi connectivity index (χ2v) is 22.6. The molecule has 450 valence electrons. The number of halogens is 1. The number of carbonyl (C=O) groups is 9. The molecule has 6 rings (SSSR count). The van der Waals surface area contributed by atoms with Crippen LogP contribution in [0, 0.1) is 5.92 Å². The summed E-state index contributed by atoms with van der Waals surface area (Å²) in [6, 6.07) is 2.23. The lowest BCUT2D eigenvalue weighted by Crippen LogP contribution is -2.63. The van der Waals surface area contributed by atoms with Crippen molar-refractivity contribution in [1.29, 1.82) is 0 Å². The van der Waals surface area contributed by atoms with Gasteiger partial charge in [0.25, 0.3) is 23.0 Å². The Morgan fingerprint density at radius 3 is 2.41 bits per heavy atom. The molecule has 4 bridgehead atoms. The third kappa shape index (κ3) is 16.4. The summed E-state index contributed by atoms with van der Waals surface area (Å²) in [4.78, 5) is 124. The normalized spacial score (nSPS) is 28.2. The number of amides is 8. The molecule has 1 aromatic carbocycles. The fourth-order valence-corrected chi connectivity index (χ4v) is 10.9. The molecule has 1 aromatic rings. The fourth-order valence-electron chi connectivity index (χ4n) is 9.87. The van der Waals surface area contributed by atoms with Crippen molar-refractivity contribution in [1.82, 2.24) is 30.2 Å². The van der Waals surface area contributed by atoms with Crippen LogP contribution in [0.4, 0.5) is 20.1 Å². The first kappa shape index (κ1) is 64.7. The summed E-state index contributed by atoms with van der Waals surface area (Å²) in [5.41, 5.74) is -1.59. The predicted octanol–water partition coefficient (Wildman–Crippen LogP) is 4.29. The maximum atomic E-state index is 14.9. The summed E-state index contributed by atoms with van der Waals surface area (Å²) in [5.74, 6) is -3.73. The Hall–Kier alpha value is -6.51. The van der Waals surface area contributed by atoms with Crippen molar-refractivity contribution in [2.24, 2.45) is 5.92 Å². The van der Waals surface area contributed by atoms with Crippen molar-refractivity contribution in [3.8, 4) is 5.75 Å². The van der Waals surface area contributed by atoms with E-state index in [1.165, 1.54) is 62.1 Å². The number of hydrogen-bond acceptors (Lipinski definition) is 18. The van der Waals surface area contributed by atoms with Crippen molar-refractivity contribution in [2.45, 2.75) is 127 Å². The average molecular weight is 1190 g/mol. The Kier molecular flexibility index (Phi) is 22.6. The van der Waals surface area contributed by atoms with E-state index in [1.54, 1.807) is 58.3 Å². The van der Waals surface area contributed by atoms with Gasteiger partial charge in [0.2, 0.25) is 17.9 Å². The number of thioether (sulfide) groups is 1. The molecule has 82 heavy (non-hydrogen) atoms. The lowest BCUT2D eigenvalue weighted by Gasteiger charge is -2.42. The number of imide groups is 1. The number of alkyl carbamates (subject to hydrolysis) is 1. The summed E-state index contributed by atoms with van der Waals surface area (Å²) in [7, 11) is 8.83. The zero-order chi connectivity index (χ0) is 60.2. The highest BCUT2D eigenvalue weighted by Crippen LogP contribution is 2.49. The predicted molar refractivity (Wildman–Crippen MR) is 301 cm³/mol. The number of methoxy groups -OCH3 is 2. The van der Waals surface area contributed by atoms with Crippen molar-refractivity contribution in [3.05, 3.63) is 70.8 Å². The van der Waals surface area contributed by atoms with Crippen molar-refractivity contribution < 1.29 is 81.4 Å². The van der Waals surface area contributed by atoms with Crippen LogP contribution >= 0.6 is 23.4 Å². The second-order valence-electron chi connectivity index (χ2n) is 21.2. The summed E-state index contributed by atoms with van der Waals surface area (Å²) in [6.45, 7) is 6.91. The van der Waals surface area contributed by atoms with E-state index in [0.29, 0.717) is 32.1 Å². The molecular formula is C56H76ClN7O17S. The molecule has 26 heteroatoms. The largest absolute Gasteiger partial charge is 0.495 e. The molecule has 10 atom stereocenters. The van der Waals surface area contributed by atoms with E-state index < -0.39 is 95.6 Å². The Bertz CT molecular complexity index is 2690. The van der Waals surface area contributed by atoms with E-state index in [2.05, 4.69) is 10.6 Å². The quantitative estimate of drug-likeness (QED) is 0.0608. The molecule has 8 amide bonds. The van der Waals surface area contributed by atoms with E-state index in [4.69, 9.17) is 44.8 Å². The van der Waals surface area contributed by atoms with Gasteiger partial charge >= 0.3 is 18.2 Å². The maximum Gasteiger partial charge on any atom is 0.410 e. The summed E-state index contributed by atoms with van der Waals surface area (Å²) in [6.07, 6.45) is 6.81. The second kappa shape index (κ2) is 28.7. The van der Waals surface area contributed by atoms with Gasteiger partial charge in [0.15, 0.2) is 5.72 Å². The molecular weight excluding hydrogens is 1110 g/mol. The first-order chi connectivity index (χ1) is 38.8. The Labute approximate surface area is 486 Å².